The van der Waals surface area contributed by atoms with Crippen LogP contribution < -0.4 is 4.72 Å². The van der Waals surface area contributed by atoms with Crippen molar-refractivity contribution in [3.05, 3.63) is 17.0 Å². The van der Waals surface area contributed by atoms with E-state index in [0.717, 1.165) is 30.6 Å². The highest BCUT2D eigenvalue weighted by atomic mass is 32.2. The molecule has 0 radical (unpaired) electrons. The van der Waals surface area contributed by atoms with Gasteiger partial charge in [0.05, 0.1) is 6.61 Å². The van der Waals surface area contributed by atoms with E-state index >= 15 is 0 Å². The maximum Gasteiger partial charge on any atom is 0.250 e. The summed E-state index contributed by atoms with van der Waals surface area (Å²) in [5.41, 5.74) is 0. The van der Waals surface area contributed by atoms with Crippen molar-refractivity contribution < 1.29 is 13.5 Å². The molecule has 1 saturated carbocycles. The Kier molecular flexibility index (Phi) is 4.66. The zero-order valence-electron chi connectivity index (χ0n) is 11.3. The van der Waals surface area contributed by atoms with Gasteiger partial charge in [-0.25, -0.2) is 13.1 Å². The smallest absolute Gasteiger partial charge is 0.250 e. The predicted octanol–water partition coefficient (Wildman–Crippen LogP) is 2.34. The summed E-state index contributed by atoms with van der Waals surface area (Å²) < 4.78 is 27.7. The number of hydrogen-bond donors (Lipinski definition) is 2. The Balaban J connectivity index is 2.09. The third-order valence-corrected chi connectivity index (χ3v) is 7.17. The largest absolute Gasteiger partial charge is 0.391 e. The van der Waals surface area contributed by atoms with Crippen LogP contribution in [0.5, 0.6) is 0 Å². The molecule has 3 unspecified atom stereocenters. The summed E-state index contributed by atoms with van der Waals surface area (Å²) in [5.74, 6) is 1.00. The summed E-state index contributed by atoms with van der Waals surface area (Å²) in [5, 5.41) is 9.00. The van der Waals surface area contributed by atoms with Crippen molar-refractivity contribution in [1.29, 1.82) is 0 Å². The highest BCUT2D eigenvalue weighted by molar-refractivity contribution is 7.91. The number of aliphatic hydroxyl groups is 1. The van der Waals surface area contributed by atoms with Gasteiger partial charge < -0.3 is 5.11 Å². The molecule has 1 aliphatic carbocycles. The maximum absolute atomic E-state index is 12.3. The van der Waals surface area contributed by atoms with Crippen LogP contribution in [0.2, 0.25) is 0 Å². The molecule has 1 aliphatic rings. The van der Waals surface area contributed by atoms with E-state index < -0.39 is 10.0 Å². The van der Waals surface area contributed by atoms with Crippen LogP contribution in [0.25, 0.3) is 0 Å². The third-order valence-electron chi connectivity index (χ3n) is 4.12. The fraction of sp³-hybridized carbons (Fsp3) is 0.692. The van der Waals surface area contributed by atoms with Crippen LogP contribution in [-0.4, -0.2) is 19.6 Å². The Morgan fingerprint density at radius 1 is 1.42 bits per heavy atom. The second-order valence-corrected chi connectivity index (χ2v) is 8.32. The minimum Gasteiger partial charge on any atom is -0.391 e. The molecule has 1 aromatic rings. The molecule has 19 heavy (non-hydrogen) atoms. The molecule has 0 saturated heterocycles. The van der Waals surface area contributed by atoms with Gasteiger partial charge in [-0.1, -0.05) is 20.3 Å². The molecule has 1 heterocycles. The van der Waals surface area contributed by atoms with Crippen LogP contribution in [0.15, 0.2) is 16.3 Å². The normalized spacial score (nSPS) is 27.8. The van der Waals surface area contributed by atoms with Gasteiger partial charge in [0, 0.05) is 10.9 Å². The third kappa shape index (κ3) is 3.18. The lowest BCUT2D eigenvalue weighted by Gasteiger charge is -2.20. The van der Waals surface area contributed by atoms with Crippen LogP contribution in [0.1, 0.15) is 38.0 Å². The first-order chi connectivity index (χ1) is 8.97. The van der Waals surface area contributed by atoms with E-state index in [1.54, 1.807) is 12.1 Å². The van der Waals surface area contributed by atoms with E-state index in [-0.39, 0.29) is 12.6 Å². The highest BCUT2D eigenvalue weighted by Gasteiger charge is 2.34. The molecule has 1 fully saturated rings. The van der Waals surface area contributed by atoms with Crippen LogP contribution in [0.3, 0.4) is 0 Å². The fourth-order valence-electron chi connectivity index (χ4n) is 2.84. The lowest BCUT2D eigenvalue weighted by Crippen LogP contribution is -2.37. The second kappa shape index (κ2) is 5.91. The van der Waals surface area contributed by atoms with Gasteiger partial charge >= 0.3 is 0 Å². The minimum absolute atomic E-state index is 0.0367. The summed E-state index contributed by atoms with van der Waals surface area (Å²) in [6.07, 6.45) is 3.11. The first kappa shape index (κ1) is 15.0. The van der Waals surface area contributed by atoms with Gasteiger partial charge in [0.2, 0.25) is 10.0 Å². The summed E-state index contributed by atoms with van der Waals surface area (Å²) in [4.78, 5) is 0.672. The van der Waals surface area contributed by atoms with Gasteiger partial charge in [0.15, 0.2) is 0 Å². The molecule has 0 amide bonds. The number of aliphatic hydroxyl groups excluding tert-OH is 1. The highest BCUT2D eigenvalue weighted by Crippen LogP contribution is 2.35. The molecule has 4 nitrogen and oxygen atoms in total. The lowest BCUT2D eigenvalue weighted by molar-refractivity contribution is 0.285. The van der Waals surface area contributed by atoms with E-state index in [1.165, 1.54) is 0 Å². The zero-order valence-corrected chi connectivity index (χ0v) is 12.9. The summed E-state index contributed by atoms with van der Waals surface area (Å²) in [6.45, 7) is 4.17. The van der Waals surface area contributed by atoms with Crippen molar-refractivity contribution >= 4 is 21.4 Å². The van der Waals surface area contributed by atoms with E-state index in [2.05, 4.69) is 18.6 Å². The van der Waals surface area contributed by atoms with E-state index in [4.69, 9.17) is 5.11 Å². The number of rotatable bonds is 5. The monoisotopic (exact) mass is 303 g/mol. The van der Waals surface area contributed by atoms with Crippen molar-refractivity contribution in [3.63, 3.8) is 0 Å². The summed E-state index contributed by atoms with van der Waals surface area (Å²) in [6, 6.07) is 3.26. The first-order valence-corrected chi connectivity index (χ1v) is 8.99. The van der Waals surface area contributed by atoms with Crippen molar-refractivity contribution in [3.8, 4) is 0 Å². The van der Waals surface area contributed by atoms with Crippen molar-refractivity contribution in [2.75, 3.05) is 0 Å². The molecule has 108 valence electrons. The van der Waals surface area contributed by atoms with Gasteiger partial charge in [-0.3, -0.25) is 0 Å². The Morgan fingerprint density at radius 3 is 2.68 bits per heavy atom. The molecule has 0 spiro atoms. The lowest BCUT2D eigenvalue weighted by atomic mass is 9.94. The number of thiophene rings is 1. The molecule has 2 N–H and O–H groups in total. The van der Waals surface area contributed by atoms with E-state index in [9.17, 15) is 8.42 Å². The SMILES string of the molecule is CCC1CCC(NS(=O)(=O)c2ccc(CO)s2)C1C. The van der Waals surface area contributed by atoms with Gasteiger partial charge in [0.1, 0.15) is 4.21 Å². The maximum atomic E-state index is 12.3. The number of nitrogens with one attached hydrogen (secondary N) is 1. The number of hydrogen-bond acceptors (Lipinski definition) is 4. The molecule has 0 bridgehead atoms. The van der Waals surface area contributed by atoms with Crippen LogP contribution >= 0.6 is 11.3 Å². The van der Waals surface area contributed by atoms with Crippen LogP contribution in [0, 0.1) is 11.8 Å². The van der Waals surface area contributed by atoms with Crippen molar-refractivity contribution in [1.82, 2.24) is 4.72 Å². The van der Waals surface area contributed by atoms with Crippen molar-refractivity contribution in [2.45, 2.75) is 50.0 Å². The molecule has 2 rings (SSSR count). The average molecular weight is 303 g/mol. The molecular weight excluding hydrogens is 282 g/mol. The summed E-state index contributed by atoms with van der Waals surface area (Å²) in [7, 11) is -3.44. The quantitative estimate of drug-likeness (QED) is 0.877. The van der Waals surface area contributed by atoms with Crippen LogP contribution in [0.4, 0.5) is 0 Å². The summed E-state index contributed by atoms with van der Waals surface area (Å²) >= 11 is 1.13. The molecule has 6 heteroatoms. The zero-order chi connectivity index (χ0) is 14.0. The Bertz CT molecular complexity index is 524. The van der Waals surface area contributed by atoms with Gasteiger partial charge in [-0.05, 0) is 36.8 Å². The Labute approximate surface area is 118 Å². The molecular formula is C13H21NO3S2. The molecule has 3 atom stereocenters. The molecule has 0 aromatic carbocycles. The number of sulfonamides is 1. The van der Waals surface area contributed by atoms with Gasteiger partial charge in [-0.2, -0.15) is 0 Å². The molecule has 0 aliphatic heterocycles. The van der Waals surface area contributed by atoms with Gasteiger partial charge in [0.25, 0.3) is 0 Å². The Hall–Kier alpha value is -0.430. The van der Waals surface area contributed by atoms with Crippen LogP contribution in [-0.2, 0) is 16.6 Å². The van der Waals surface area contributed by atoms with Gasteiger partial charge in [-0.15, -0.1) is 11.3 Å². The average Bonchev–Trinajstić information content (AvgIpc) is 2.98. The van der Waals surface area contributed by atoms with E-state index in [1.807, 2.05) is 0 Å². The Morgan fingerprint density at radius 2 is 2.16 bits per heavy atom. The second-order valence-electron chi connectivity index (χ2n) is 5.21. The van der Waals surface area contributed by atoms with E-state index in [0.29, 0.717) is 20.9 Å². The first-order valence-electron chi connectivity index (χ1n) is 6.69. The fourth-order valence-corrected chi connectivity index (χ4v) is 5.43. The minimum atomic E-state index is -3.44. The standard InChI is InChI=1S/C13H21NO3S2/c1-3-10-4-6-12(9(10)2)14-19(16,17)13-7-5-11(8-15)18-13/h5,7,9-10,12,14-15H,3-4,6,8H2,1-2H3. The van der Waals surface area contributed by atoms with Crippen molar-refractivity contribution in [2.24, 2.45) is 11.8 Å². The predicted molar refractivity (Wildman–Crippen MR) is 76.5 cm³/mol. The molecule has 1 aromatic heterocycles. The topological polar surface area (TPSA) is 66.4 Å².